The minimum absolute atomic E-state index is 0.00473. The van der Waals surface area contributed by atoms with Gasteiger partial charge in [0.1, 0.15) is 0 Å². The van der Waals surface area contributed by atoms with Gasteiger partial charge in [-0.15, -0.1) is 0 Å². The highest BCUT2D eigenvalue weighted by molar-refractivity contribution is 6.03. The van der Waals surface area contributed by atoms with Crippen molar-refractivity contribution in [1.82, 2.24) is 23.7 Å². The van der Waals surface area contributed by atoms with Gasteiger partial charge < -0.3 is 13.7 Å². The zero-order chi connectivity index (χ0) is 60.1. The number of benzene rings is 8. The van der Waals surface area contributed by atoms with E-state index in [1.807, 2.05) is 0 Å². The average molecular weight is 1160 g/mol. The molecule has 0 bridgehead atoms. The summed E-state index contributed by atoms with van der Waals surface area (Å²) in [7, 11) is 0. The van der Waals surface area contributed by atoms with E-state index in [1.165, 1.54) is 105 Å². The van der Waals surface area contributed by atoms with Crippen molar-refractivity contribution in [3.63, 3.8) is 0 Å². The van der Waals surface area contributed by atoms with E-state index in [2.05, 4.69) is 286 Å². The van der Waals surface area contributed by atoms with Crippen LogP contribution in [0.25, 0.3) is 113 Å². The topological polar surface area (TPSA) is 40.6 Å². The summed E-state index contributed by atoms with van der Waals surface area (Å²) in [4.78, 5) is 11.4. The molecule has 90 heavy (non-hydrogen) atoms. The Morgan fingerprint density at radius 2 is 0.922 bits per heavy atom. The fraction of sp³-hybridized carbons (Fsp3) is 0.200. The number of rotatable bonds is 6. The van der Waals surface area contributed by atoms with Gasteiger partial charge in [-0.2, -0.15) is 0 Å². The second-order valence-electron chi connectivity index (χ2n) is 28.4. The van der Waals surface area contributed by atoms with Crippen LogP contribution in [0.3, 0.4) is 0 Å². The lowest BCUT2D eigenvalue weighted by Gasteiger charge is -2.32. The van der Waals surface area contributed by atoms with E-state index >= 15 is 0 Å². The maximum Gasteiger partial charge on any atom is 0.160 e. The van der Waals surface area contributed by atoms with Crippen LogP contribution in [0.1, 0.15) is 110 Å². The van der Waals surface area contributed by atoms with Gasteiger partial charge in [-0.3, -0.25) is 0 Å². The van der Waals surface area contributed by atoms with E-state index in [-0.39, 0.29) is 16.2 Å². The van der Waals surface area contributed by atoms with Gasteiger partial charge in [-0.05, 0) is 178 Å². The summed E-state index contributed by atoms with van der Waals surface area (Å²) in [5.74, 6) is 1.86. The van der Waals surface area contributed by atoms with Crippen molar-refractivity contribution in [2.24, 2.45) is 23.2 Å². The maximum atomic E-state index is 5.69. The van der Waals surface area contributed by atoms with Crippen LogP contribution in [-0.4, -0.2) is 23.7 Å². The Morgan fingerprint density at radius 1 is 0.444 bits per heavy atom. The zero-order valence-electron chi connectivity index (χ0n) is 51.9. The highest BCUT2D eigenvalue weighted by atomic mass is 15.0. The fourth-order valence-corrected chi connectivity index (χ4v) is 18.4. The highest BCUT2D eigenvalue weighted by Crippen LogP contribution is 2.60. The first-order valence-electron chi connectivity index (χ1n) is 32.7. The summed E-state index contributed by atoms with van der Waals surface area (Å²) < 4.78 is 7.63. The van der Waals surface area contributed by atoms with Crippen LogP contribution in [0, 0.1) is 23.2 Å². The van der Waals surface area contributed by atoms with Gasteiger partial charge >= 0.3 is 0 Å². The van der Waals surface area contributed by atoms with E-state index in [0.717, 1.165) is 77.2 Å². The Labute approximate surface area is 526 Å². The molecule has 0 radical (unpaired) electrons. The summed E-state index contributed by atoms with van der Waals surface area (Å²) in [5.41, 5.74) is 33.3. The molecule has 5 heteroatoms. The Kier molecular flexibility index (Phi) is 10.8. The molecule has 4 aromatic heterocycles. The standard InChI is InChI=1S/C85H69N5/c1-83(2)68-34-13-7-28-56(68)62-43-65-59-31-10-16-37-76(59)88(79(65)46-71(62)83)53-25-19-22-50(40-53)74-49-75(51-23-20-26-54(41-51)89-77-38-17-11-32-60(77)66-44-63-57-29-8-14-35-69(57)84(3,4)72(63)47-80(66)89)87-82(86-74)52-24-21-27-55(42-52)90-78-39-18-12-33-61(78)67-45-64-58-30-9-15-36-70(58)85(5,6)73(64)48-81(67)90/h7-8,10-29,31-44,48-49,64,71-72H,9,30,45-47H2,1-6H3. The molecule has 0 spiro atoms. The number of para-hydroxylation sites is 3. The third-order valence-corrected chi connectivity index (χ3v) is 22.8. The summed E-state index contributed by atoms with van der Waals surface area (Å²) in [5, 5.41) is 3.91. The minimum atomic E-state index is -0.0290. The van der Waals surface area contributed by atoms with E-state index < -0.39 is 0 Å². The lowest BCUT2D eigenvalue weighted by atomic mass is 9.73. The molecule has 0 amide bonds. The maximum absolute atomic E-state index is 5.69. The molecule has 0 aliphatic heterocycles. The molecule has 5 nitrogen and oxygen atoms in total. The van der Waals surface area contributed by atoms with Crippen molar-refractivity contribution in [1.29, 1.82) is 0 Å². The van der Waals surface area contributed by atoms with Gasteiger partial charge in [0.25, 0.3) is 0 Å². The summed E-state index contributed by atoms with van der Waals surface area (Å²) in [6.45, 7) is 14.7. The monoisotopic (exact) mass is 1160 g/mol. The molecular weight excluding hydrogens is 1090 g/mol. The predicted octanol–water partition coefficient (Wildman–Crippen LogP) is 20.6. The van der Waals surface area contributed by atoms with Crippen molar-refractivity contribution < 1.29 is 0 Å². The van der Waals surface area contributed by atoms with Crippen molar-refractivity contribution in [3.8, 4) is 51.0 Å². The number of allylic oxidation sites excluding steroid dienone is 7. The van der Waals surface area contributed by atoms with Gasteiger partial charge in [-0.1, -0.05) is 204 Å². The number of nitrogens with zero attached hydrogens (tertiary/aromatic N) is 5. The van der Waals surface area contributed by atoms with E-state index in [4.69, 9.17) is 9.97 Å². The predicted molar refractivity (Wildman–Crippen MR) is 372 cm³/mol. The molecule has 12 aromatic rings. The third-order valence-electron chi connectivity index (χ3n) is 22.8. The van der Waals surface area contributed by atoms with Crippen LogP contribution in [0.2, 0.25) is 0 Å². The molecule has 434 valence electrons. The molecule has 0 fully saturated rings. The first-order chi connectivity index (χ1) is 43.9. The quantitative estimate of drug-likeness (QED) is 0.166. The Bertz CT molecular complexity index is 5110. The molecule has 7 aliphatic carbocycles. The molecule has 3 unspecified atom stereocenters. The van der Waals surface area contributed by atoms with E-state index in [9.17, 15) is 0 Å². The Morgan fingerprint density at radius 3 is 1.49 bits per heavy atom. The Balaban J connectivity index is 0.779. The molecule has 4 heterocycles. The molecule has 0 saturated heterocycles. The Hall–Kier alpha value is -9.84. The molecule has 0 N–H and O–H groups in total. The highest BCUT2D eigenvalue weighted by Gasteiger charge is 2.48. The summed E-state index contributed by atoms with van der Waals surface area (Å²) in [6.07, 6.45) is 17.6. The second kappa shape index (κ2) is 18.6. The van der Waals surface area contributed by atoms with Crippen LogP contribution in [0.4, 0.5) is 0 Å². The molecule has 7 aliphatic rings. The molecule has 3 atom stereocenters. The van der Waals surface area contributed by atoms with Crippen LogP contribution in [0.5, 0.6) is 0 Å². The number of fused-ring (bicyclic) bond motifs is 17. The first-order valence-corrected chi connectivity index (χ1v) is 32.7. The summed E-state index contributed by atoms with van der Waals surface area (Å²) >= 11 is 0. The van der Waals surface area contributed by atoms with E-state index in [0.29, 0.717) is 23.6 Å². The van der Waals surface area contributed by atoms with Gasteiger partial charge in [-0.25, -0.2) is 9.97 Å². The molecule has 8 aromatic carbocycles. The zero-order valence-corrected chi connectivity index (χ0v) is 51.9. The largest absolute Gasteiger partial charge is 0.313 e. The van der Waals surface area contributed by atoms with Crippen molar-refractivity contribution in [3.05, 3.63) is 285 Å². The smallest absolute Gasteiger partial charge is 0.160 e. The third kappa shape index (κ3) is 7.20. The van der Waals surface area contributed by atoms with Gasteiger partial charge in [0.15, 0.2) is 5.82 Å². The molecule has 19 rings (SSSR count). The van der Waals surface area contributed by atoms with Gasteiger partial charge in [0.2, 0.25) is 0 Å². The number of aromatic nitrogens is 5. The number of hydrogen-bond acceptors (Lipinski definition) is 2. The van der Waals surface area contributed by atoms with E-state index in [1.54, 1.807) is 11.1 Å². The van der Waals surface area contributed by atoms with Crippen LogP contribution in [-0.2, 0) is 30.1 Å². The van der Waals surface area contributed by atoms with Gasteiger partial charge in [0, 0.05) is 83.8 Å². The SMILES string of the molecule is CC1(C)C2=Cc3c(c4ccccc4n3-c3cccc(-c4nc(-c5cccc(-n6c7c(c8ccccc86)C=C6c8ccccc8C(C)(C)C6C7)c5)cc(-c5cccc(-n6c7c(c8ccccc86)C=C6c8ccccc8C(C)(C)C6C7)c5)n4)c3)CC2C2=C1C=CCC2. The van der Waals surface area contributed by atoms with Gasteiger partial charge in [0.05, 0.1) is 33.6 Å². The lowest BCUT2D eigenvalue weighted by molar-refractivity contribution is 0.405. The second-order valence-corrected chi connectivity index (χ2v) is 28.4. The van der Waals surface area contributed by atoms with Crippen LogP contribution >= 0.6 is 0 Å². The van der Waals surface area contributed by atoms with Crippen LogP contribution in [0.15, 0.2) is 229 Å². The summed E-state index contributed by atoms with van der Waals surface area (Å²) in [6, 6.07) is 74.8. The fourth-order valence-electron chi connectivity index (χ4n) is 18.4. The molecule has 0 saturated carbocycles. The minimum Gasteiger partial charge on any atom is -0.313 e. The van der Waals surface area contributed by atoms with Crippen molar-refractivity contribution in [2.45, 2.75) is 84.5 Å². The normalized spacial score (nSPS) is 19.9. The van der Waals surface area contributed by atoms with Crippen molar-refractivity contribution >= 4 is 62.1 Å². The molecular formula is C85H69N5. The average Bonchev–Trinajstić information content (AvgIpc) is 1.58. The first kappa shape index (κ1) is 52.1. The van der Waals surface area contributed by atoms with Crippen LogP contribution < -0.4 is 0 Å². The lowest BCUT2D eigenvalue weighted by Crippen LogP contribution is -2.27. The number of hydrogen-bond donors (Lipinski definition) is 0. The van der Waals surface area contributed by atoms with Crippen molar-refractivity contribution in [2.75, 3.05) is 0 Å².